The number of nitrogens with zero attached hydrogens (tertiary/aromatic N) is 5. The quantitative estimate of drug-likeness (QED) is 0.537. The summed E-state index contributed by atoms with van der Waals surface area (Å²) in [5.74, 6) is -0.679. The molecule has 2 atom stereocenters. The maximum atomic E-state index is 13.3. The van der Waals surface area contributed by atoms with Gasteiger partial charge in [-0.05, 0) is 38.0 Å². The second kappa shape index (κ2) is 7.85. The number of carbonyl (C=O) groups excluding carboxylic acids is 2. The van der Waals surface area contributed by atoms with Gasteiger partial charge in [0.05, 0.1) is 11.7 Å². The molecule has 2 aliphatic rings. The van der Waals surface area contributed by atoms with Crippen LogP contribution >= 0.6 is 0 Å². The van der Waals surface area contributed by atoms with E-state index in [2.05, 4.69) is 25.3 Å². The standard InChI is InChI=1S/C21H21F3N8O2/c1-10-7-25-16-13(10)8-26-19(29-16)30-20(34)32-12-5-6-31(9-12)15-4-3-14(28-17(15)32)18(33)27-11(2)21(22,23)24/h3-4,7-8,11-12H,5-6,9H2,1-2H3,(H,27,33)(H2,25,26,29,30,34)/t11-,12?/m1/s1. The molecule has 3 amide bonds. The maximum Gasteiger partial charge on any atom is 0.408 e. The van der Waals surface area contributed by atoms with Crippen molar-refractivity contribution in [3.05, 3.63) is 35.8 Å². The van der Waals surface area contributed by atoms with Crippen LogP contribution in [0.4, 0.5) is 35.4 Å². The molecular weight excluding hydrogens is 453 g/mol. The van der Waals surface area contributed by atoms with Gasteiger partial charge in [-0.1, -0.05) is 0 Å². The van der Waals surface area contributed by atoms with Crippen LogP contribution in [0, 0.1) is 6.92 Å². The van der Waals surface area contributed by atoms with Gasteiger partial charge in [0.15, 0.2) is 5.82 Å². The second-order valence-electron chi connectivity index (χ2n) is 8.39. The molecule has 0 radical (unpaired) electrons. The van der Waals surface area contributed by atoms with Gasteiger partial charge in [0.2, 0.25) is 5.95 Å². The van der Waals surface area contributed by atoms with Crippen LogP contribution in [0.15, 0.2) is 24.5 Å². The van der Waals surface area contributed by atoms with Crippen molar-refractivity contribution >= 4 is 40.4 Å². The number of nitrogens with one attached hydrogen (secondary N) is 3. The van der Waals surface area contributed by atoms with Gasteiger partial charge in [-0.15, -0.1) is 0 Å². The number of hydrogen-bond acceptors (Lipinski definition) is 6. The summed E-state index contributed by atoms with van der Waals surface area (Å²) in [7, 11) is 0. The summed E-state index contributed by atoms with van der Waals surface area (Å²) in [6, 6.07) is 0.159. The van der Waals surface area contributed by atoms with Gasteiger partial charge in [-0.25, -0.2) is 14.8 Å². The zero-order valence-electron chi connectivity index (χ0n) is 18.3. The van der Waals surface area contributed by atoms with Gasteiger partial charge in [0.1, 0.15) is 17.4 Å². The number of pyridine rings is 1. The molecule has 3 N–H and O–H groups in total. The highest BCUT2D eigenvalue weighted by Crippen LogP contribution is 2.39. The van der Waals surface area contributed by atoms with E-state index < -0.39 is 24.2 Å². The highest BCUT2D eigenvalue weighted by molar-refractivity contribution is 6.05. The lowest BCUT2D eigenvalue weighted by atomic mass is 10.1. The van der Waals surface area contributed by atoms with Crippen molar-refractivity contribution in [2.24, 2.45) is 0 Å². The first-order chi connectivity index (χ1) is 16.1. The molecule has 0 aliphatic carbocycles. The lowest BCUT2D eigenvalue weighted by Crippen LogP contribution is -2.49. The number of aromatic amines is 1. The summed E-state index contributed by atoms with van der Waals surface area (Å²) < 4.78 is 38.6. The van der Waals surface area contributed by atoms with Crippen molar-refractivity contribution in [1.29, 1.82) is 0 Å². The predicted molar refractivity (Wildman–Crippen MR) is 118 cm³/mol. The lowest BCUT2D eigenvalue weighted by Gasteiger charge is -2.35. The largest absolute Gasteiger partial charge is 0.408 e. The molecule has 1 fully saturated rings. The normalized spacial score (nSPS) is 18.1. The third kappa shape index (κ3) is 3.76. The van der Waals surface area contributed by atoms with Crippen LogP contribution in [0.25, 0.3) is 11.0 Å². The van der Waals surface area contributed by atoms with Crippen LogP contribution in [-0.4, -0.2) is 63.2 Å². The van der Waals surface area contributed by atoms with E-state index in [1.807, 2.05) is 17.1 Å². The molecule has 2 aliphatic heterocycles. The first kappa shape index (κ1) is 21.9. The van der Waals surface area contributed by atoms with Crippen molar-refractivity contribution in [2.45, 2.75) is 38.5 Å². The summed E-state index contributed by atoms with van der Waals surface area (Å²) >= 11 is 0. The van der Waals surface area contributed by atoms with Crippen LogP contribution in [0.3, 0.4) is 0 Å². The average molecular weight is 474 g/mol. The molecule has 5 rings (SSSR count). The summed E-state index contributed by atoms with van der Waals surface area (Å²) in [6.07, 6.45) is -0.520. The first-order valence-corrected chi connectivity index (χ1v) is 10.7. The fourth-order valence-corrected chi connectivity index (χ4v) is 4.20. The maximum absolute atomic E-state index is 13.3. The van der Waals surface area contributed by atoms with Crippen LogP contribution in [0.1, 0.15) is 29.4 Å². The monoisotopic (exact) mass is 474 g/mol. The summed E-state index contributed by atoms with van der Waals surface area (Å²) in [6.45, 7) is 4.02. The highest BCUT2D eigenvalue weighted by Gasteiger charge is 2.41. The number of amides is 3. The number of rotatable bonds is 3. The molecule has 5 heterocycles. The minimum atomic E-state index is -4.58. The van der Waals surface area contributed by atoms with E-state index in [-0.39, 0.29) is 23.5 Å². The Kier molecular flexibility index (Phi) is 5.06. The van der Waals surface area contributed by atoms with Crippen molar-refractivity contribution in [1.82, 2.24) is 25.3 Å². The fraction of sp³-hybridized carbons (Fsp3) is 0.381. The SMILES string of the molecule is Cc1c[nH]c2nc(NC(=O)N3c4nc(C(=O)N[C@H](C)C(F)(F)F)ccc4N4CCC3C4)ncc12. The molecule has 1 unspecified atom stereocenters. The van der Waals surface area contributed by atoms with Crippen LogP contribution in [0.5, 0.6) is 0 Å². The van der Waals surface area contributed by atoms with Crippen molar-refractivity contribution < 1.29 is 22.8 Å². The zero-order valence-corrected chi connectivity index (χ0v) is 18.3. The molecule has 3 aromatic heterocycles. The van der Waals surface area contributed by atoms with Gasteiger partial charge < -0.3 is 15.2 Å². The number of halogens is 3. The molecule has 10 nitrogen and oxygen atoms in total. The molecule has 3 aromatic rings. The molecule has 34 heavy (non-hydrogen) atoms. The number of H-pyrrole nitrogens is 1. The highest BCUT2D eigenvalue weighted by atomic mass is 19.4. The predicted octanol–water partition coefficient (Wildman–Crippen LogP) is 2.97. The van der Waals surface area contributed by atoms with Gasteiger partial charge >= 0.3 is 12.2 Å². The third-order valence-electron chi connectivity index (χ3n) is 6.10. The molecule has 2 bridgehead atoms. The summed E-state index contributed by atoms with van der Waals surface area (Å²) in [5.41, 5.74) is 1.96. The van der Waals surface area contributed by atoms with Crippen LogP contribution in [-0.2, 0) is 0 Å². The Labute approximate surface area is 191 Å². The minimum absolute atomic E-state index is 0.0919. The Bertz CT molecular complexity index is 1290. The Morgan fingerprint density at radius 1 is 1.26 bits per heavy atom. The Morgan fingerprint density at radius 2 is 2.06 bits per heavy atom. The minimum Gasteiger partial charge on any atom is -0.366 e. The number of carbonyl (C=O) groups is 2. The molecule has 13 heteroatoms. The number of hydrogen-bond donors (Lipinski definition) is 3. The Morgan fingerprint density at radius 3 is 2.82 bits per heavy atom. The number of aromatic nitrogens is 4. The number of aryl methyl sites for hydroxylation is 1. The van der Waals surface area contributed by atoms with Gasteiger partial charge in [-0.2, -0.15) is 18.2 Å². The van der Waals surface area contributed by atoms with Gasteiger partial charge in [0.25, 0.3) is 5.91 Å². The molecule has 1 saturated heterocycles. The van der Waals surface area contributed by atoms with Gasteiger partial charge in [0, 0.05) is 30.9 Å². The van der Waals surface area contributed by atoms with Crippen molar-refractivity contribution in [3.8, 4) is 0 Å². The number of anilines is 3. The number of fused-ring (bicyclic) bond motifs is 5. The summed E-state index contributed by atoms with van der Waals surface area (Å²) in [5, 5.41) is 5.41. The Hall–Kier alpha value is -3.90. The lowest BCUT2D eigenvalue weighted by molar-refractivity contribution is -0.149. The van der Waals surface area contributed by atoms with E-state index in [0.29, 0.717) is 30.8 Å². The fourth-order valence-electron chi connectivity index (χ4n) is 4.20. The van der Waals surface area contributed by atoms with Gasteiger partial charge in [-0.3, -0.25) is 15.0 Å². The average Bonchev–Trinajstić information content (AvgIpc) is 3.37. The molecule has 0 saturated carbocycles. The number of urea groups is 1. The molecule has 0 spiro atoms. The summed E-state index contributed by atoms with van der Waals surface area (Å²) in [4.78, 5) is 45.0. The van der Waals surface area contributed by atoms with E-state index in [1.54, 1.807) is 18.5 Å². The van der Waals surface area contributed by atoms with E-state index in [1.165, 1.54) is 11.0 Å². The zero-order chi connectivity index (χ0) is 24.2. The van der Waals surface area contributed by atoms with Crippen LogP contribution in [0.2, 0.25) is 0 Å². The molecular formula is C21H21F3N8O2. The topological polar surface area (TPSA) is 119 Å². The van der Waals surface area contributed by atoms with E-state index in [0.717, 1.165) is 17.9 Å². The molecule has 0 aromatic carbocycles. The first-order valence-electron chi connectivity index (χ1n) is 10.7. The van der Waals surface area contributed by atoms with Crippen molar-refractivity contribution in [2.75, 3.05) is 28.2 Å². The second-order valence-corrected chi connectivity index (χ2v) is 8.39. The van der Waals surface area contributed by atoms with E-state index in [9.17, 15) is 22.8 Å². The molecule has 178 valence electrons. The van der Waals surface area contributed by atoms with E-state index >= 15 is 0 Å². The third-order valence-corrected chi connectivity index (χ3v) is 6.10. The smallest absolute Gasteiger partial charge is 0.366 e. The van der Waals surface area contributed by atoms with E-state index in [4.69, 9.17) is 0 Å². The van der Waals surface area contributed by atoms with Crippen LogP contribution < -0.4 is 20.4 Å². The van der Waals surface area contributed by atoms with Crippen molar-refractivity contribution in [3.63, 3.8) is 0 Å². The number of alkyl halides is 3. The Balaban J connectivity index is 1.43.